The maximum Gasteiger partial charge on any atom is 0.240 e. The van der Waals surface area contributed by atoms with Crippen molar-refractivity contribution >= 4 is 10.0 Å². The van der Waals surface area contributed by atoms with E-state index in [4.69, 9.17) is 10.5 Å². The summed E-state index contributed by atoms with van der Waals surface area (Å²) in [7, 11) is -3.48. The van der Waals surface area contributed by atoms with E-state index >= 15 is 0 Å². The fraction of sp³-hybridized carbons (Fsp3) is 0.500. The van der Waals surface area contributed by atoms with Crippen LogP contribution in [0, 0.1) is 0 Å². The molecule has 5 nitrogen and oxygen atoms in total. The summed E-state index contributed by atoms with van der Waals surface area (Å²) < 4.78 is 31.5. The second kappa shape index (κ2) is 6.84. The number of hydrogen-bond donors (Lipinski definition) is 2. The Morgan fingerprint density at radius 2 is 2.17 bits per heavy atom. The molecule has 1 unspecified atom stereocenters. The topological polar surface area (TPSA) is 81.4 Å². The van der Waals surface area contributed by atoms with Crippen LogP contribution in [0.15, 0.2) is 29.2 Å². The highest BCUT2D eigenvalue weighted by Gasteiger charge is 2.14. The summed E-state index contributed by atoms with van der Waals surface area (Å²) in [5.74, 6) is 0. The Balaban J connectivity index is 2.75. The Labute approximate surface area is 108 Å². The third kappa shape index (κ3) is 4.38. The summed E-state index contributed by atoms with van der Waals surface area (Å²) in [6.07, 6.45) is 0. The lowest BCUT2D eigenvalue weighted by atomic mass is 10.1. The molecule has 0 saturated heterocycles. The van der Waals surface area contributed by atoms with Gasteiger partial charge in [0.15, 0.2) is 0 Å². The Hall–Kier alpha value is -0.950. The van der Waals surface area contributed by atoms with Gasteiger partial charge in [-0.3, -0.25) is 0 Å². The van der Waals surface area contributed by atoms with Crippen molar-refractivity contribution in [1.82, 2.24) is 4.72 Å². The largest absolute Gasteiger partial charge is 0.380 e. The molecule has 1 rings (SSSR count). The highest BCUT2D eigenvalue weighted by molar-refractivity contribution is 7.89. The van der Waals surface area contributed by atoms with E-state index in [-0.39, 0.29) is 17.5 Å². The average Bonchev–Trinajstić information content (AvgIpc) is 2.35. The zero-order valence-corrected chi connectivity index (χ0v) is 11.5. The lowest BCUT2D eigenvalue weighted by molar-refractivity contribution is 0.153. The number of benzene rings is 1. The van der Waals surface area contributed by atoms with E-state index in [9.17, 15) is 8.42 Å². The van der Waals surface area contributed by atoms with Crippen molar-refractivity contribution in [3.05, 3.63) is 29.8 Å². The highest BCUT2D eigenvalue weighted by Crippen LogP contribution is 2.15. The summed E-state index contributed by atoms with van der Waals surface area (Å²) in [6.45, 7) is 4.87. The highest BCUT2D eigenvalue weighted by atomic mass is 32.2. The molecule has 102 valence electrons. The average molecular weight is 272 g/mol. The van der Waals surface area contributed by atoms with Gasteiger partial charge in [0.25, 0.3) is 0 Å². The van der Waals surface area contributed by atoms with Crippen molar-refractivity contribution in [2.45, 2.75) is 24.8 Å². The van der Waals surface area contributed by atoms with Gasteiger partial charge < -0.3 is 10.5 Å². The van der Waals surface area contributed by atoms with Crippen LogP contribution in [-0.2, 0) is 14.8 Å². The van der Waals surface area contributed by atoms with Gasteiger partial charge in [0, 0.05) is 19.2 Å². The number of nitrogens with one attached hydrogen (secondary N) is 1. The monoisotopic (exact) mass is 272 g/mol. The van der Waals surface area contributed by atoms with E-state index in [1.165, 1.54) is 0 Å². The van der Waals surface area contributed by atoms with Crippen LogP contribution in [-0.4, -0.2) is 28.2 Å². The number of sulfonamides is 1. The molecule has 0 saturated carbocycles. The maximum absolute atomic E-state index is 12.0. The van der Waals surface area contributed by atoms with Crippen LogP contribution in [0.2, 0.25) is 0 Å². The summed E-state index contributed by atoms with van der Waals surface area (Å²) in [4.78, 5) is 0.230. The molecule has 0 aliphatic heterocycles. The Morgan fingerprint density at radius 3 is 2.78 bits per heavy atom. The summed E-state index contributed by atoms with van der Waals surface area (Å²) in [5, 5.41) is 0. The minimum absolute atomic E-state index is 0.191. The molecule has 0 fully saturated rings. The second-order valence-corrected chi connectivity index (χ2v) is 5.72. The van der Waals surface area contributed by atoms with Crippen LogP contribution < -0.4 is 10.5 Å². The van der Waals surface area contributed by atoms with Gasteiger partial charge >= 0.3 is 0 Å². The molecule has 1 aromatic rings. The first kappa shape index (κ1) is 15.1. The number of rotatable bonds is 7. The van der Waals surface area contributed by atoms with Crippen molar-refractivity contribution in [3.63, 3.8) is 0 Å². The van der Waals surface area contributed by atoms with Crippen LogP contribution in [0.4, 0.5) is 0 Å². The lowest BCUT2D eigenvalue weighted by Crippen LogP contribution is -2.27. The van der Waals surface area contributed by atoms with Crippen LogP contribution >= 0.6 is 0 Å². The van der Waals surface area contributed by atoms with E-state index in [1.807, 2.05) is 19.9 Å². The van der Waals surface area contributed by atoms with Crippen molar-refractivity contribution in [3.8, 4) is 0 Å². The molecule has 0 aromatic heterocycles. The summed E-state index contributed by atoms with van der Waals surface area (Å²) >= 11 is 0. The molecule has 0 aliphatic carbocycles. The van der Waals surface area contributed by atoms with E-state index in [0.29, 0.717) is 13.2 Å². The molecule has 6 heteroatoms. The summed E-state index contributed by atoms with van der Waals surface area (Å²) in [6, 6.07) is 6.45. The quantitative estimate of drug-likeness (QED) is 0.726. The molecule has 1 atom stereocenters. The first-order valence-electron chi connectivity index (χ1n) is 5.90. The summed E-state index contributed by atoms with van der Waals surface area (Å²) in [5.41, 5.74) is 6.52. The lowest BCUT2D eigenvalue weighted by Gasteiger charge is -2.10. The molecule has 3 N–H and O–H groups in total. The van der Waals surface area contributed by atoms with Crippen molar-refractivity contribution < 1.29 is 13.2 Å². The first-order valence-corrected chi connectivity index (χ1v) is 7.38. The Bertz CT molecular complexity index is 472. The zero-order valence-electron chi connectivity index (χ0n) is 10.7. The van der Waals surface area contributed by atoms with E-state index in [1.54, 1.807) is 18.2 Å². The molecular weight excluding hydrogens is 252 g/mol. The van der Waals surface area contributed by atoms with Crippen LogP contribution in [0.3, 0.4) is 0 Å². The molecular formula is C12H20N2O3S. The van der Waals surface area contributed by atoms with Crippen molar-refractivity contribution in [2.24, 2.45) is 5.73 Å². The molecule has 0 heterocycles. The third-order valence-electron chi connectivity index (χ3n) is 2.44. The predicted octanol–water partition coefficient (Wildman–Crippen LogP) is 1.02. The molecule has 0 spiro atoms. The van der Waals surface area contributed by atoms with Gasteiger partial charge in [0.05, 0.1) is 11.5 Å². The zero-order chi connectivity index (χ0) is 13.6. The first-order chi connectivity index (χ1) is 8.47. The fourth-order valence-electron chi connectivity index (χ4n) is 1.44. The van der Waals surface area contributed by atoms with E-state index in [2.05, 4.69) is 4.72 Å². The van der Waals surface area contributed by atoms with Crippen LogP contribution in [0.1, 0.15) is 25.5 Å². The van der Waals surface area contributed by atoms with Gasteiger partial charge in [0.1, 0.15) is 0 Å². The Kier molecular flexibility index (Phi) is 5.74. The maximum atomic E-state index is 12.0. The van der Waals surface area contributed by atoms with Gasteiger partial charge in [-0.15, -0.1) is 0 Å². The second-order valence-electron chi connectivity index (χ2n) is 3.96. The molecule has 0 radical (unpaired) electrons. The van der Waals surface area contributed by atoms with E-state index in [0.717, 1.165) is 5.56 Å². The standard InChI is InChI=1S/C12H20N2O3S/c1-3-17-8-7-14-18(15,16)12-6-4-5-11(9-12)10(2)13/h4-6,9-10,14H,3,7-8,13H2,1-2H3. The number of hydrogen-bond acceptors (Lipinski definition) is 4. The Morgan fingerprint density at radius 1 is 1.44 bits per heavy atom. The minimum Gasteiger partial charge on any atom is -0.380 e. The minimum atomic E-state index is -3.48. The van der Waals surface area contributed by atoms with Gasteiger partial charge in [-0.2, -0.15) is 0 Å². The van der Waals surface area contributed by atoms with Crippen LogP contribution in [0.5, 0.6) is 0 Å². The molecule has 0 amide bonds. The normalized spacial score (nSPS) is 13.5. The molecule has 0 aliphatic rings. The molecule has 18 heavy (non-hydrogen) atoms. The van der Waals surface area contributed by atoms with Crippen molar-refractivity contribution in [2.75, 3.05) is 19.8 Å². The molecule has 1 aromatic carbocycles. The SMILES string of the molecule is CCOCCNS(=O)(=O)c1cccc(C(C)N)c1. The third-order valence-corrected chi connectivity index (χ3v) is 3.90. The number of ether oxygens (including phenoxy) is 1. The molecule has 0 bridgehead atoms. The smallest absolute Gasteiger partial charge is 0.240 e. The van der Waals surface area contributed by atoms with Gasteiger partial charge in [-0.05, 0) is 31.5 Å². The van der Waals surface area contributed by atoms with Crippen molar-refractivity contribution in [1.29, 1.82) is 0 Å². The predicted molar refractivity (Wildman–Crippen MR) is 70.7 cm³/mol. The fourth-order valence-corrected chi connectivity index (χ4v) is 2.51. The number of nitrogens with two attached hydrogens (primary N) is 1. The van der Waals surface area contributed by atoms with Gasteiger partial charge in [-0.25, -0.2) is 13.1 Å². The van der Waals surface area contributed by atoms with Gasteiger partial charge in [-0.1, -0.05) is 12.1 Å². The van der Waals surface area contributed by atoms with Gasteiger partial charge in [0.2, 0.25) is 10.0 Å². The van der Waals surface area contributed by atoms with Crippen LogP contribution in [0.25, 0.3) is 0 Å². The van der Waals surface area contributed by atoms with E-state index < -0.39 is 10.0 Å².